The van der Waals surface area contributed by atoms with Gasteiger partial charge in [0.1, 0.15) is 17.6 Å². The first kappa shape index (κ1) is 20.1. The molecule has 0 spiro atoms. The molecule has 0 aliphatic carbocycles. The lowest BCUT2D eigenvalue weighted by molar-refractivity contribution is -0.274. The molecule has 2 rings (SSSR count). The second-order valence-electron chi connectivity index (χ2n) is 5.96. The molecule has 0 fully saturated rings. The second-order valence-corrected chi connectivity index (χ2v) is 5.96. The molecule has 5 nitrogen and oxygen atoms in total. The summed E-state index contributed by atoms with van der Waals surface area (Å²) in [4.78, 5) is 12.6. The van der Waals surface area contributed by atoms with E-state index in [1.807, 2.05) is 6.07 Å². The zero-order valence-electron chi connectivity index (χ0n) is 14.6. The van der Waals surface area contributed by atoms with Crippen molar-refractivity contribution in [3.8, 4) is 17.6 Å². The molecule has 142 valence electrons. The highest BCUT2D eigenvalue weighted by Crippen LogP contribution is 2.26. The van der Waals surface area contributed by atoms with Crippen molar-refractivity contribution in [2.75, 3.05) is 5.32 Å². The number of hydrogen-bond acceptors (Lipinski definition) is 4. The first-order chi connectivity index (χ1) is 12.7. The molecule has 0 aliphatic heterocycles. The normalized spacial score (nSPS) is 12.2. The van der Waals surface area contributed by atoms with Crippen LogP contribution >= 0.6 is 0 Å². The topological polar surface area (TPSA) is 71.3 Å². The number of benzene rings is 2. The van der Waals surface area contributed by atoms with E-state index < -0.39 is 24.1 Å². The number of nitriles is 1. The molecule has 0 aromatic heterocycles. The van der Waals surface area contributed by atoms with Crippen LogP contribution in [0.4, 0.5) is 18.9 Å². The minimum absolute atomic E-state index is 0.129. The number of hydrogen-bond donors (Lipinski definition) is 1. The van der Waals surface area contributed by atoms with Gasteiger partial charge in [0.2, 0.25) is 0 Å². The number of para-hydroxylation sites is 1. The van der Waals surface area contributed by atoms with Crippen LogP contribution in [-0.2, 0) is 4.79 Å². The van der Waals surface area contributed by atoms with Crippen molar-refractivity contribution in [3.05, 3.63) is 54.1 Å². The van der Waals surface area contributed by atoms with Gasteiger partial charge in [0, 0.05) is 11.8 Å². The molecule has 2 aromatic rings. The van der Waals surface area contributed by atoms with Crippen molar-refractivity contribution >= 4 is 11.6 Å². The van der Waals surface area contributed by atoms with Crippen molar-refractivity contribution in [2.24, 2.45) is 5.92 Å². The number of carbonyl (C=O) groups is 1. The van der Waals surface area contributed by atoms with Crippen molar-refractivity contribution in [1.29, 1.82) is 5.26 Å². The van der Waals surface area contributed by atoms with Crippen LogP contribution in [0.1, 0.15) is 19.4 Å². The highest BCUT2D eigenvalue weighted by atomic mass is 19.4. The number of ether oxygens (including phenoxy) is 2. The number of nitrogens with zero attached hydrogens (tertiary/aromatic N) is 1. The maximum atomic E-state index is 12.6. The van der Waals surface area contributed by atoms with Crippen molar-refractivity contribution in [1.82, 2.24) is 0 Å². The molecule has 0 aliphatic rings. The molecule has 1 atom stereocenters. The van der Waals surface area contributed by atoms with Crippen LogP contribution in [0.2, 0.25) is 0 Å². The van der Waals surface area contributed by atoms with Gasteiger partial charge in [0.05, 0.1) is 5.56 Å². The Morgan fingerprint density at radius 1 is 1.15 bits per heavy atom. The molecular formula is C19H17F3N2O3. The van der Waals surface area contributed by atoms with Crippen LogP contribution in [-0.4, -0.2) is 18.4 Å². The van der Waals surface area contributed by atoms with Crippen LogP contribution in [0.25, 0.3) is 0 Å². The van der Waals surface area contributed by atoms with Crippen LogP contribution < -0.4 is 14.8 Å². The number of amides is 1. The van der Waals surface area contributed by atoms with E-state index in [1.165, 1.54) is 12.1 Å². The Morgan fingerprint density at radius 3 is 2.48 bits per heavy atom. The summed E-state index contributed by atoms with van der Waals surface area (Å²) in [6.07, 6.45) is -5.78. The Balaban J connectivity index is 2.16. The zero-order chi connectivity index (χ0) is 20.0. The summed E-state index contributed by atoms with van der Waals surface area (Å²) in [7, 11) is 0. The Morgan fingerprint density at radius 2 is 1.85 bits per heavy atom. The first-order valence-corrected chi connectivity index (χ1v) is 8.02. The predicted octanol–water partition coefficient (Wildman–Crippen LogP) is 4.50. The molecular weight excluding hydrogens is 361 g/mol. The van der Waals surface area contributed by atoms with Gasteiger partial charge >= 0.3 is 6.36 Å². The SMILES string of the molecule is CC(C)C(Oc1ccccc1C#N)C(=O)Nc1cccc(OC(F)(F)F)c1. The number of alkyl halides is 3. The second kappa shape index (κ2) is 8.45. The van der Waals surface area contributed by atoms with Crippen molar-refractivity contribution in [2.45, 2.75) is 26.3 Å². The molecule has 0 radical (unpaired) electrons. The summed E-state index contributed by atoms with van der Waals surface area (Å²) < 4.78 is 46.5. The fourth-order valence-corrected chi connectivity index (χ4v) is 2.28. The third kappa shape index (κ3) is 5.92. The standard InChI is InChI=1S/C19H17F3N2O3/c1-12(2)17(26-16-9-4-3-6-13(16)11-23)18(25)24-14-7-5-8-15(10-14)27-19(20,21)22/h3-10,12,17H,1-2H3,(H,24,25). The number of anilines is 1. The van der Waals surface area contributed by atoms with E-state index in [0.717, 1.165) is 12.1 Å². The predicted molar refractivity (Wildman–Crippen MR) is 92.2 cm³/mol. The summed E-state index contributed by atoms with van der Waals surface area (Å²) in [5.74, 6) is -1.01. The van der Waals surface area contributed by atoms with E-state index in [1.54, 1.807) is 38.1 Å². The number of halogens is 3. The summed E-state index contributed by atoms with van der Waals surface area (Å²) in [6.45, 7) is 3.50. The van der Waals surface area contributed by atoms with Gasteiger partial charge in [-0.2, -0.15) is 5.26 Å². The lowest BCUT2D eigenvalue weighted by Crippen LogP contribution is -2.37. The lowest BCUT2D eigenvalue weighted by atomic mass is 10.1. The third-order valence-corrected chi connectivity index (χ3v) is 3.46. The highest BCUT2D eigenvalue weighted by molar-refractivity contribution is 5.94. The van der Waals surface area contributed by atoms with Gasteiger partial charge in [0.15, 0.2) is 6.10 Å². The van der Waals surface area contributed by atoms with Crippen LogP contribution in [0.5, 0.6) is 11.5 Å². The van der Waals surface area contributed by atoms with Gasteiger partial charge in [-0.3, -0.25) is 4.79 Å². The Bertz CT molecular complexity index is 845. The van der Waals surface area contributed by atoms with Gasteiger partial charge in [-0.25, -0.2) is 0 Å². The fourth-order valence-electron chi connectivity index (χ4n) is 2.28. The lowest BCUT2D eigenvalue weighted by Gasteiger charge is -2.22. The minimum atomic E-state index is -4.83. The molecule has 0 heterocycles. The summed E-state index contributed by atoms with van der Waals surface area (Å²) in [6, 6.07) is 13.4. The summed E-state index contributed by atoms with van der Waals surface area (Å²) >= 11 is 0. The highest BCUT2D eigenvalue weighted by Gasteiger charge is 2.31. The Labute approximate surface area is 154 Å². The molecule has 1 unspecified atom stereocenters. The number of nitrogens with one attached hydrogen (secondary N) is 1. The molecule has 0 saturated heterocycles. The maximum Gasteiger partial charge on any atom is 0.573 e. The quantitative estimate of drug-likeness (QED) is 0.803. The summed E-state index contributed by atoms with van der Waals surface area (Å²) in [5, 5.41) is 11.6. The van der Waals surface area contributed by atoms with E-state index in [-0.39, 0.29) is 22.9 Å². The minimum Gasteiger partial charge on any atom is -0.479 e. The zero-order valence-corrected chi connectivity index (χ0v) is 14.6. The smallest absolute Gasteiger partial charge is 0.479 e. The molecule has 1 amide bonds. The van der Waals surface area contributed by atoms with Crippen LogP contribution in [0, 0.1) is 17.2 Å². The van der Waals surface area contributed by atoms with Crippen LogP contribution in [0.15, 0.2) is 48.5 Å². The molecule has 8 heteroatoms. The monoisotopic (exact) mass is 378 g/mol. The molecule has 0 bridgehead atoms. The number of carbonyl (C=O) groups excluding carboxylic acids is 1. The van der Waals surface area contributed by atoms with Gasteiger partial charge in [-0.15, -0.1) is 13.2 Å². The maximum absolute atomic E-state index is 12.6. The fraction of sp³-hybridized carbons (Fsp3) is 0.263. The summed E-state index contributed by atoms with van der Waals surface area (Å²) in [5.41, 5.74) is 0.404. The van der Waals surface area contributed by atoms with E-state index in [9.17, 15) is 18.0 Å². The van der Waals surface area contributed by atoms with Crippen LogP contribution in [0.3, 0.4) is 0 Å². The van der Waals surface area contributed by atoms with E-state index in [4.69, 9.17) is 10.00 Å². The van der Waals surface area contributed by atoms with Gasteiger partial charge in [-0.05, 0) is 30.2 Å². The molecule has 1 N–H and O–H groups in total. The first-order valence-electron chi connectivity index (χ1n) is 8.02. The molecule has 27 heavy (non-hydrogen) atoms. The van der Waals surface area contributed by atoms with E-state index in [0.29, 0.717) is 0 Å². The van der Waals surface area contributed by atoms with E-state index >= 15 is 0 Å². The van der Waals surface area contributed by atoms with Crippen molar-refractivity contribution in [3.63, 3.8) is 0 Å². The third-order valence-electron chi connectivity index (χ3n) is 3.46. The Hall–Kier alpha value is -3.21. The average Bonchev–Trinajstić information content (AvgIpc) is 2.58. The molecule has 0 saturated carbocycles. The van der Waals surface area contributed by atoms with Crippen molar-refractivity contribution < 1.29 is 27.4 Å². The average molecular weight is 378 g/mol. The Kier molecular flexibility index (Phi) is 6.29. The van der Waals surface area contributed by atoms with E-state index in [2.05, 4.69) is 10.1 Å². The largest absolute Gasteiger partial charge is 0.573 e. The molecule has 2 aromatic carbocycles. The van der Waals surface area contributed by atoms with Gasteiger partial charge in [-0.1, -0.05) is 32.0 Å². The number of rotatable bonds is 6. The van der Waals surface area contributed by atoms with Gasteiger partial charge < -0.3 is 14.8 Å². The van der Waals surface area contributed by atoms with Gasteiger partial charge in [0.25, 0.3) is 5.91 Å².